The van der Waals surface area contributed by atoms with E-state index >= 15 is 0 Å². The molecule has 0 saturated heterocycles. The number of nitrogens with zero attached hydrogens (tertiary/aromatic N) is 3. The van der Waals surface area contributed by atoms with Crippen molar-refractivity contribution in [2.75, 3.05) is 12.4 Å². The minimum absolute atomic E-state index is 0.242. The fraction of sp³-hybridized carbons (Fsp3) is 0.125. The van der Waals surface area contributed by atoms with Crippen molar-refractivity contribution in [2.45, 2.75) is 6.92 Å². The topological polar surface area (TPSA) is 77.0 Å². The highest BCUT2D eigenvalue weighted by atomic mass is 32.1. The number of hydrogen-bond acceptors (Lipinski definition) is 6. The van der Waals surface area contributed by atoms with Crippen LogP contribution in [0.3, 0.4) is 0 Å². The first-order chi connectivity index (χ1) is 11.2. The molecule has 6 nitrogen and oxygen atoms in total. The van der Waals surface area contributed by atoms with Gasteiger partial charge in [-0.15, -0.1) is 10.2 Å². The molecule has 3 rings (SSSR count). The minimum Gasteiger partial charge on any atom is -0.481 e. The van der Waals surface area contributed by atoms with Gasteiger partial charge in [0.2, 0.25) is 5.88 Å². The van der Waals surface area contributed by atoms with Gasteiger partial charge >= 0.3 is 0 Å². The maximum absolute atomic E-state index is 12.4. The molecule has 0 saturated carbocycles. The van der Waals surface area contributed by atoms with Crippen LogP contribution < -0.4 is 10.1 Å². The second kappa shape index (κ2) is 6.53. The zero-order valence-corrected chi connectivity index (χ0v) is 13.4. The Bertz CT molecular complexity index is 830. The van der Waals surface area contributed by atoms with Crippen LogP contribution >= 0.6 is 11.3 Å². The fourth-order valence-corrected chi connectivity index (χ4v) is 2.74. The summed E-state index contributed by atoms with van der Waals surface area (Å²) in [7, 11) is 1.53. The third-order valence-corrected chi connectivity index (χ3v) is 4.01. The highest BCUT2D eigenvalue weighted by Crippen LogP contribution is 2.30. The SMILES string of the molecule is COc1ccc(C(=O)Nc2ccccc2-c2nnc(C)s2)cn1. The first-order valence-corrected chi connectivity index (χ1v) is 7.70. The first kappa shape index (κ1) is 15.1. The monoisotopic (exact) mass is 326 g/mol. The quantitative estimate of drug-likeness (QED) is 0.797. The molecular formula is C16H14N4O2S. The minimum atomic E-state index is -0.242. The number of rotatable bonds is 4. The predicted molar refractivity (Wildman–Crippen MR) is 88.8 cm³/mol. The Kier molecular flexibility index (Phi) is 4.29. The molecule has 2 heterocycles. The number of amides is 1. The number of aryl methyl sites for hydroxylation is 1. The van der Waals surface area contributed by atoms with Gasteiger partial charge in [-0.2, -0.15) is 0 Å². The van der Waals surface area contributed by atoms with Crippen molar-refractivity contribution in [1.29, 1.82) is 0 Å². The lowest BCUT2D eigenvalue weighted by Gasteiger charge is -2.09. The number of anilines is 1. The van der Waals surface area contributed by atoms with Crippen molar-refractivity contribution in [2.24, 2.45) is 0 Å². The lowest BCUT2D eigenvalue weighted by molar-refractivity contribution is 0.102. The molecule has 0 radical (unpaired) electrons. The fourth-order valence-electron chi connectivity index (χ4n) is 2.01. The van der Waals surface area contributed by atoms with Gasteiger partial charge in [0.15, 0.2) is 0 Å². The molecule has 0 fully saturated rings. The molecule has 1 N–H and O–H groups in total. The first-order valence-electron chi connectivity index (χ1n) is 6.88. The lowest BCUT2D eigenvalue weighted by atomic mass is 10.1. The normalized spacial score (nSPS) is 10.3. The van der Waals surface area contributed by atoms with Crippen LogP contribution in [0.25, 0.3) is 10.6 Å². The molecule has 0 spiro atoms. The molecule has 0 aliphatic rings. The zero-order chi connectivity index (χ0) is 16.2. The molecule has 0 atom stereocenters. The Labute approximate surface area is 137 Å². The van der Waals surface area contributed by atoms with Crippen LogP contribution in [-0.4, -0.2) is 28.2 Å². The number of hydrogen-bond donors (Lipinski definition) is 1. The van der Waals surface area contributed by atoms with Gasteiger partial charge in [0.25, 0.3) is 5.91 Å². The van der Waals surface area contributed by atoms with E-state index in [4.69, 9.17) is 4.74 Å². The van der Waals surface area contributed by atoms with Crippen molar-refractivity contribution in [3.05, 3.63) is 53.2 Å². The average molecular weight is 326 g/mol. The summed E-state index contributed by atoms with van der Waals surface area (Å²) in [5.41, 5.74) is 1.98. The second-order valence-electron chi connectivity index (χ2n) is 4.72. The Morgan fingerprint density at radius 1 is 1.17 bits per heavy atom. The maximum Gasteiger partial charge on any atom is 0.257 e. The maximum atomic E-state index is 12.4. The smallest absolute Gasteiger partial charge is 0.257 e. The summed E-state index contributed by atoms with van der Waals surface area (Å²) in [5.74, 6) is 0.222. The van der Waals surface area contributed by atoms with Gasteiger partial charge in [-0.1, -0.05) is 23.5 Å². The molecule has 23 heavy (non-hydrogen) atoms. The van der Waals surface area contributed by atoms with Gasteiger partial charge < -0.3 is 10.1 Å². The number of ether oxygens (including phenoxy) is 1. The third kappa shape index (κ3) is 3.35. The Morgan fingerprint density at radius 2 is 2.00 bits per heavy atom. The van der Waals surface area contributed by atoms with Gasteiger partial charge in [0.1, 0.15) is 10.0 Å². The van der Waals surface area contributed by atoms with Gasteiger partial charge in [0, 0.05) is 17.8 Å². The van der Waals surface area contributed by atoms with Crippen LogP contribution in [-0.2, 0) is 0 Å². The van der Waals surface area contributed by atoms with Crippen LogP contribution in [0, 0.1) is 6.92 Å². The van der Waals surface area contributed by atoms with E-state index in [0.717, 1.165) is 15.6 Å². The standard InChI is InChI=1S/C16H14N4O2S/c1-10-19-20-16(23-10)12-5-3-4-6-13(12)18-15(21)11-7-8-14(22-2)17-9-11/h3-9H,1-2H3,(H,18,21). The number of methoxy groups -OCH3 is 1. The van der Waals surface area contributed by atoms with E-state index < -0.39 is 0 Å². The molecule has 1 aromatic carbocycles. The molecular weight excluding hydrogens is 312 g/mol. The van der Waals surface area contributed by atoms with Crippen LogP contribution in [0.15, 0.2) is 42.6 Å². The van der Waals surface area contributed by atoms with Gasteiger partial charge in [0.05, 0.1) is 18.4 Å². The zero-order valence-electron chi connectivity index (χ0n) is 12.6. The van der Waals surface area contributed by atoms with Crippen LogP contribution in [0.5, 0.6) is 5.88 Å². The van der Waals surface area contributed by atoms with Gasteiger partial charge in [-0.25, -0.2) is 4.98 Å². The van der Waals surface area contributed by atoms with Crippen molar-refractivity contribution in [3.8, 4) is 16.5 Å². The molecule has 1 amide bonds. The van der Waals surface area contributed by atoms with Crippen molar-refractivity contribution < 1.29 is 9.53 Å². The molecule has 116 valence electrons. The van der Waals surface area contributed by atoms with E-state index in [1.54, 1.807) is 12.1 Å². The Morgan fingerprint density at radius 3 is 2.65 bits per heavy atom. The Balaban J connectivity index is 1.86. The number of carbonyl (C=O) groups is 1. The summed E-state index contributed by atoms with van der Waals surface area (Å²) >= 11 is 1.48. The molecule has 0 unspecified atom stereocenters. The largest absolute Gasteiger partial charge is 0.481 e. The van der Waals surface area contributed by atoms with E-state index in [9.17, 15) is 4.79 Å². The van der Waals surface area contributed by atoms with Crippen molar-refractivity contribution in [3.63, 3.8) is 0 Å². The van der Waals surface area contributed by atoms with E-state index in [-0.39, 0.29) is 5.91 Å². The van der Waals surface area contributed by atoms with Crippen molar-refractivity contribution >= 4 is 22.9 Å². The number of pyridine rings is 1. The number of carbonyl (C=O) groups excluding carboxylic acids is 1. The number of para-hydroxylation sites is 1. The predicted octanol–water partition coefficient (Wildman–Crippen LogP) is 3.17. The van der Waals surface area contributed by atoms with Crippen LogP contribution in [0.4, 0.5) is 5.69 Å². The molecule has 3 aromatic rings. The summed E-state index contributed by atoms with van der Waals surface area (Å²) in [6.07, 6.45) is 1.48. The van der Waals surface area contributed by atoms with E-state index in [1.165, 1.54) is 24.6 Å². The molecule has 0 aliphatic carbocycles. The van der Waals surface area contributed by atoms with Gasteiger partial charge in [-0.05, 0) is 25.1 Å². The number of aromatic nitrogens is 3. The van der Waals surface area contributed by atoms with E-state index in [2.05, 4.69) is 20.5 Å². The van der Waals surface area contributed by atoms with Crippen molar-refractivity contribution in [1.82, 2.24) is 15.2 Å². The molecule has 0 bridgehead atoms. The molecule has 0 aliphatic heterocycles. The molecule has 7 heteroatoms. The third-order valence-electron chi connectivity index (χ3n) is 3.14. The highest BCUT2D eigenvalue weighted by molar-refractivity contribution is 7.14. The average Bonchev–Trinajstić information content (AvgIpc) is 3.01. The van der Waals surface area contributed by atoms with Crippen LogP contribution in [0.1, 0.15) is 15.4 Å². The van der Waals surface area contributed by atoms with Gasteiger partial charge in [-0.3, -0.25) is 4.79 Å². The summed E-state index contributed by atoms with van der Waals surface area (Å²) in [6.45, 7) is 1.89. The summed E-state index contributed by atoms with van der Waals surface area (Å²) < 4.78 is 4.99. The second-order valence-corrected chi connectivity index (χ2v) is 5.90. The van der Waals surface area contributed by atoms with E-state index in [1.807, 2.05) is 31.2 Å². The van der Waals surface area contributed by atoms with E-state index in [0.29, 0.717) is 17.1 Å². The number of nitrogens with one attached hydrogen (secondary N) is 1. The highest BCUT2D eigenvalue weighted by Gasteiger charge is 2.13. The summed E-state index contributed by atoms with van der Waals surface area (Å²) in [4.78, 5) is 16.4. The summed E-state index contributed by atoms with van der Waals surface area (Å²) in [6, 6.07) is 10.8. The van der Waals surface area contributed by atoms with Crippen LogP contribution in [0.2, 0.25) is 0 Å². The number of benzene rings is 1. The summed E-state index contributed by atoms with van der Waals surface area (Å²) in [5, 5.41) is 12.7. The lowest BCUT2D eigenvalue weighted by Crippen LogP contribution is -2.13. The molecule has 2 aromatic heterocycles. The Hall–Kier alpha value is -2.80.